The third-order valence-corrected chi connectivity index (χ3v) is 1.97. The van der Waals surface area contributed by atoms with Crippen molar-refractivity contribution < 1.29 is 0 Å². The Morgan fingerprint density at radius 2 is 1.77 bits per heavy atom. The molecule has 0 bridgehead atoms. The second kappa shape index (κ2) is 7.60. The maximum absolute atomic E-state index is 3.15. The van der Waals surface area contributed by atoms with Crippen LogP contribution in [0.2, 0.25) is 0 Å². The van der Waals surface area contributed by atoms with Crippen LogP contribution in [-0.2, 0) is 0 Å². The van der Waals surface area contributed by atoms with Crippen LogP contribution in [-0.4, -0.2) is 0 Å². The Labute approximate surface area is 81.4 Å². The lowest BCUT2D eigenvalue weighted by atomic mass is 10.2. The van der Waals surface area contributed by atoms with E-state index >= 15 is 0 Å². The quantitative estimate of drug-likeness (QED) is 0.486. The zero-order chi connectivity index (χ0) is 9.19. The van der Waals surface area contributed by atoms with E-state index in [1.807, 2.05) is 12.2 Å². The minimum Gasteiger partial charge on any atom is -0.0882 e. The van der Waals surface area contributed by atoms with Crippen molar-refractivity contribution in [3.05, 3.63) is 48.6 Å². The van der Waals surface area contributed by atoms with Crippen molar-refractivity contribution >= 4 is 0 Å². The van der Waals surface area contributed by atoms with Crippen LogP contribution in [0.1, 0.15) is 32.1 Å². The summed E-state index contributed by atoms with van der Waals surface area (Å²) >= 11 is 0. The molecule has 0 spiro atoms. The van der Waals surface area contributed by atoms with E-state index in [0.717, 1.165) is 12.8 Å². The summed E-state index contributed by atoms with van der Waals surface area (Å²) in [6, 6.07) is 0. The standard InChI is InChI=1S/C13H17/c1-2-4-6-8-10-12-13-11-9-7-5-3-1/h1-4,7-9H,5,10-13H2/b3-1+,4-2+,8-6?,9-7-. The molecule has 0 fully saturated rings. The minimum absolute atomic E-state index is 1.05. The fourth-order valence-corrected chi connectivity index (χ4v) is 1.22. The number of allylic oxidation sites excluding steroid dienone is 8. The Morgan fingerprint density at radius 3 is 2.77 bits per heavy atom. The first-order valence-electron chi connectivity index (χ1n) is 5.04. The number of rotatable bonds is 0. The van der Waals surface area contributed by atoms with Gasteiger partial charge in [0, 0.05) is 0 Å². The van der Waals surface area contributed by atoms with E-state index in [2.05, 4.69) is 36.5 Å². The first kappa shape index (κ1) is 10.0. The summed E-state index contributed by atoms with van der Waals surface area (Å²) < 4.78 is 0. The third-order valence-electron chi connectivity index (χ3n) is 1.97. The molecule has 0 saturated heterocycles. The second-order valence-corrected chi connectivity index (χ2v) is 3.15. The van der Waals surface area contributed by atoms with E-state index in [4.69, 9.17) is 0 Å². The molecule has 0 aromatic heterocycles. The van der Waals surface area contributed by atoms with Gasteiger partial charge in [0.2, 0.25) is 0 Å². The van der Waals surface area contributed by atoms with Gasteiger partial charge in [-0.25, -0.2) is 0 Å². The summed E-state index contributed by atoms with van der Waals surface area (Å²) in [7, 11) is 0. The van der Waals surface area contributed by atoms with Crippen LogP contribution in [0.25, 0.3) is 0 Å². The van der Waals surface area contributed by atoms with Crippen molar-refractivity contribution in [3.8, 4) is 0 Å². The Bertz CT molecular complexity index is 216. The maximum atomic E-state index is 3.15. The molecule has 0 aromatic rings. The van der Waals surface area contributed by atoms with Crippen LogP contribution in [0.5, 0.6) is 0 Å². The van der Waals surface area contributed by atoms with E-state index in [-0.39, 0.29) is 0 Å². The molecule has 0 saturated carbocycles. The predicted molar refractivity (Wildman–Crippen MR) is 58.3 cm³/mol. The summed E-state index contributed by atoms with van der Waals surface area (Å²) in [5, 5.41) is 0. The number of hydrogen-bond donors (Lipinski definition) is 0. The molecule has 0 unspecified atom stereocenters. The Hall–Kier alpha value is -1.04. The van der Waals surface area contributed by atoms with Gasteiger partial charge in [-0.15, -0.1) is 0 Å². The molecule has 0 aromatic carbocycles. The van der Waals surface area contributed by atoms with E-state index in [0.29, 0.717) is 0 Å². The van der Waals surface area contributed by atoms with Gasteiger partial charge in [0.1, 0.15) is 0 Å². The van der Waals surface area contributed by atoms with E-state index in [1.54, 1.807) is 0 Å². The first-order valence-corrected chi connectivity index (χ1v) is 5.04. The predicted octanol–water partition coefficient (Wildman–Crippen LogP) is 3.98. The van der Waals surface area contributed by atoms with Crippen molar-refractivity contribution in [2.24, 2.45) is 0 Å². The van der Waals surface area contributed by atoms with Crippen molar-refractivity contribution in [2.45, 2.75) is 32.1 Å². The highest BCUT2D eigenvalue weighted by Crippen LogP contribution is 2.02. The fourth-order valence-electron chi connectivity index (χ4n) is 1.22. The molecule has 1 aliphatic carbocycles. The molecule has 1 radical (unpaired) electrons. The first-order chi connectivity index (χ1) is 6.50. The zero-order valence-corrected chi connectivity index (χ0v) is 8.08. The molecule has 0 heterocycles. The van der Waals surface area contributed by atoms with Crippen molar-refractivity contribution in [1.29, 1.82) is 0 Å². The van der Waals surface area contributed by atoms with Gasteiger partial charge in [-0.05, 0) is 38.2 Å². The van der Waals surface area contributed by atoms with Crippen molar-refractivity contribution in [1.82, 2.24) is 0 Å². The third kappa shape index (κ3) is 6.15. The SMILES string of the molecule is [C]1=C/CCCC/C=C\C/C=C/C=C/1. The topological polar surface area (TPSA) is 0 Å². The lowest BCUT2D eigenvalue weighted by molar-refractivity contribution is 0.760. The molecular weight excluding hydrogens is 156 g/mol. The lowest BCUT2D eigenvalue weighted by Gasteiger charge is -1.91. The molecule has 69 valence electrons. The van der Waals surface area contributed by atoms with Crippen LogP contribution in [0.15, 0.2) is 42.5 Å². The van der Waals surface area contributed by atoms with Gasteiger partial charge >= 0.3 is 0 Å². The van der Waals surface area contributed by atoms with Crippen LogP contribution in [0.3, 0.4) is 0 Å². The van der Waals surface area contributed by atoms with Gasteiger partial charge in [0.05, 0.1) is 0 Å². The van der Waals surface area contributed by atoms with Gasteiger partial charge in [-0.2, -0.15) is 0 Å². The Kier molecular flexibility index (Phi) is 5.87. The van der Waals surface area contributed by atoms with E-state index in [9.17, 15) is 0 Å². The van der Waals surface area contributed by atoms with Gasteiger partial charge in [0.15, 0.2) is 0 Å². The van der Waals surface area contributed by atoms with Gasteiger partial charge in [-0.1, -0.05) is 42.5 Å². The molecule has 0 nitrogen and oxygen atoms in total. The molecule has 0 amide bonds. The van der Waals surface area contributed by atoms with Crippen LogP contribution in [0.4, 0.5) is 0 Å². The molecule has 1 rings (SSSR count). The fraction of sp³-hybridized carbons (Fsp3) is 0.385. The van der Waals surface area contributed by atoms with Crippen LogP contribution >= 0.6 is 0 Å². The zero-order valence-electron chi connectivity index (χ0n) is 8.08. The summed E-state index contributed by atoms with van der Waals surface area (Å²) in [5.41, 5.74) is 0. The smallest absolute Gasteiger partial charge is 0.0166 e. The summed E-state index contributed by atoms with van der Waals surface area (Å²) in [4.78, 5) is 0. The lowest BCUT2D eigenvalue weighted by Crippen LogP contribution is -1.72. The van der Waals surface area contributed by atoms with E-state index < -0.39 is 0 Å². The molecule has 0 N–H and O–H groups in total. The number of hydrogen-bond acceptors (Lipinski definition) is 0. The molecule has 1 aliphatic rings. The minimum atomic E-state index is 1.05. The Morgan fingerprint density at radius 1 is 0.846 bits per heavy atom. The molecular formula is C13H17. The summed E-state index contributed by atoms with van der Waals surface area (Å²) in [6.07, 6.45) is 24.0. The van der Waals surface area contributed by atoms with Crippen LogP contribution < -0.4 is 0 Å². The maximum Gasteiger partial charge on any atom is -0.0166 e. The highest BCUT2D eigenvalue weighted by atomic mass is 13.9. The molecule has 0 aliphatic heterocycles. The van der Waals surface area contributed by atoms with Gasteiger partial charge in [0.25, 0.3) is 0 Å². The molecule has 0 heteroatoms. The second-order valence-electron chi connectivity index (χ2n) is 3.15. The van der Waals surface area contributed by atoms with Gasteiger partial charge in [-0.3, -0.25) is 0 Å². The molecule has 13 heavy (non-hydrogen) atoms. The van der Waals surface area contributed by atoms with Crippen molar-refractivity contribution in [3.63, 3.8) is 0 Å². The van der Waals surface area contributed by atoms with Crippen LogP contribution in [0, 0.1) is 6.08 Å². The normalized spacial score (nSPS) is 28.9. The van der Waals surface area contributed by atoms with E-state index in [1.165, 1.54) is 19.3 Å². The monoisotopic (exact) mass is 173 g/mol. The average molecular weight is 173 g/mol. The average Bonchev–Trinajstić information content (AvgIpc) is 2.18. The summed E-state index contributed by atoms with van der Waals surface area (Å²) in [5.74, 6) is 0. The summed E-state index contributed by atoms with van der Waals surface area (Å²) in [6.45, 7) is 0. The largest absolute Gasteiger partial charge is 0.0882 e. The van der Waals surface area contributed by atoms with Crippen molar-refractivity contribution in [2.75, 3.05) is 0 Å². The highest BCUT2D eigenvalue weighted by Gasteiger charge is 1.83. The molecule has 0 atom stereocenters. The highest BCUT2D eigenvalue weighted by molar-refractivity contribution is 5.08. The van der Waals surface area contributed by atoms with Gasteiger partial charge < -0.3 is 0 Å². The Balaban J connectivity index is 2.38.